The lowest BCUT2D eigenvalue weighted by molar-refractivity contribution is 0.417. The number of nitrogens with one attached hydrogen (secondary N) is 1. The van der Waals surface area contributed by atoms with Crippen molar-refractivity contribution in [2.24, 2.45) is 5.92 Å². The number of aromatic nitrogens is 1. The van der Waals surface area contributed by atoms with Crippen molar-refractivity contribution in [1.82, 2.24) is 4.98 Å². The van der Waals surface area contributed by atoms with Gasteiger partial charge in [-0.15, -0.1) is 0 Å². The zero-order chi connectivity index (χ0) is 15.6. The van der Waals surface area contributed by atoms with E-state index in [2.05, 4.69) is 64.0 Å². The van der Waals surface area contributed by atoms with Crippen molar-refractivity contribution >= 4 is 48.5 Å². The van der Waals surface area contributed by atoms with Gasteiger partial charge in [0.2, 0.25) is 0 Å². The first-order valence-corrected chi connectivity index (χ1v) is 8.66. The Morgan fingerprint density at radius 2 is 1.95 bits per heavy atom. The van der Waals surface area contributed by atoms with Gasteiger partial charge in [0.25, 0.3) is 0 Å². The Balaban J connectivity index is 2.77. The van der Waals surface area contributed by atoms with E-state index in [0.717, 1.165) is 49.9 Å². The number of hydrogen-bond acceptors (Lipinski definition) is 3. The van der Waals surface area contributed by atoms with Crippen LogP contribution in [0.3, 0.4) is 0 Å². The molecule has 0 radical (unpaired) electrons. The molecular formula is C16H20Br2N2O. The smallest absolute Gasteiger partial charge is 0.144 e. The van der Waals surface area contributed by atoms with Crippen LogP contribution >= 0.6 is 31.9 Å². The fourth-order valence-corrected chi connectivity index (χ4v) is 3.83. The first-order valence-electron chi connectivity index (χ1n) is 7.07. The molecule has 0 bridgehead atoms. The summed E-state index contributed by atoms with van der Waals surface area (Å²) in [6.45, 7) is 7.35. The molecule has 2 rings (SSSR count). The molecule has 114 valence electrons. The number of hydrogen-bond donors (Lipinski definition) is 1. The zero-order valence-corrected chi connectivity index (χ0v) is 15.9. The van der Waals surface area contributed by atoms with Crippen LogP contribution in [0.15, 0.2) is 21.1 Å². The minimum atomic E-state index is 0.570. The number of rotatable bonds is 5. The number of ether oxygens (including phenoxy) is 1. The van der Waals surface area contributed by atoms with Crippen LogP contribution in [0.5, 0.6) is 5.75 Å². The summed E-state index contributed by atoms with van der Waals surface area (Å²) in [4.78, 5) is 4.82. The summed E-state index contributed by atoms with van der Waals surface area (Å²) < 4.78 is 7.46. The molecule has 0 unspecified atom stereocenters. The Labute approximate surface area is 142 Å². The van der Waals surface area contributed by atoms with Crippen LogP contribution in [0, 0.1) is 5.92 Å². The molecular weight excluding hydrogens is 396 g/mol. The maximum absolute atomic E-state index is 5.57. The average molecular weight is 416 g/mol. The molecule has 1 aromatic carbocycles. The molecule has 1 N–H and O–H groups in total. The normalized spacial score (nSPS) is 11.2. The molecule has 1 heterocycles. The SMILES string of the molecule is CCNc1cc(CC(C)C)nc2c(Br)cc(Br)c(OC)c12. The summed E-state index contributed by atoms with van der Waals surface area (Å²) in [5, 5.41) is 4.44. The molecule has 0 aliphatic heterocycles. The lowest BCUT2D eigenvalue weighted by Gasteiger charge is -2.16. The van der Waals surface area contributed by atoms with E-state index in [4.69, 9.17) is 9.72 Å². The molecule has 0 spiro atoms. The van der Waals surface area contributed by atoms with E-state index in [0.29, 0.717) is 5.92 Å². The number of halogens is 2. The van der Waals surface area contributed by atoms with Crippen molar-refractivity contribution in [3.63, 3.8) is 0 Å². The van der Waals surface area contributed by atoms with Crippen molar-refractivity contribution < 1.29 is 4.74 Å². The maximum atomic E-state index is 5.57. The number of methoxy groups -OCH3 is 1. The number of pyridine rings is 1. The van der Waals surface area contributed by atoms with Gasteiger partial charge in [-0.1, -0.05) is 13.8 Å². The van der Waals surface area contributed by atoms with Gasteiger partial charge >= 0.3 is 0 Å². The van der Waals surface area contributed by atoms with Crippen LogP contribution in [0.25, 0.3) is 10.9 Å². The second-order valence-electron chi connectivity index (χ2n) is 5.39. The van der Waals surface area contributed by atoms with Crippen molar-refractivity contribution in [3.05, 3.63) is 26.8 Å². The zero-order valence-electron chi connectivity index (χ0n) is 12.8. The highest BCUT2D eigenvalue weighted by Gasteiger charge is 2.16. The van der Waals surface area contributed by atoms with Crippen LogP contribution in [0.4, 0.5) is 5.69 Å². The topological polar surface area (TPSA) is 34.2 Å². The van der Waals surface area contributed by atoms with Gasteiger partial charge in [0.1, 0.15) is 5.75 Å². The molecule has 21 heavy (non-hydrogen) atoms. The number of benzene rings is 1. The van der Waals surface area contributed by atoms with Crippen molar-refractivity contribution in [2.45, 2.75) is 27.2 Å². The molecule has 0 aliphatic carbocycles. The summed E-state index contributed by atoms with van der Waals surface area (Å²) in [5.74, 6) is 1.38. The summed E-state index contributed by atoms with van der Waals surface area (Å²) in [5.41, 5.74) is 3.10. The third kappa shape index (κ3) is 3.51. The molecule has 0 aliphatic rings. The van der Waals surface area contributed by atoms with Crippen LogP contribution in [0.2, 0.25) is 0 Å². The lowest BCUT2D eigenvalue weighted by atomic mass is 10.0. The van der Waals surface area contributed by atoms with Crippen molar-refractivity contribution in [3.8, 4) is 5.75 Å². The Morgan fingerprint density at radius 3 is 2.52 bits per heavy atom. The first-order chi connectivity index (χ1) is 9.97. The largest absolute Gasteiger partial charge is 0.495 e. The fourth-order valence-electron chi connectivity index (χ4n) is 2.42. The van der Waals surface area contributed by atoms with Gasteiger partial charge in [-0.05, 0) is 63.3 Å². The Hall–Kier alpha value is -0.810. The van der Waals surface area contributed by atoms with E-state index in [1.54, 1.807) is 7.11 Å². The third-order valence-electron chi connectivity index (χ3n) is 3.18. The lowest BCUT2D eigenvalue weighted by Crippen LogP contribution is -2.04. The summed E-state index contributed by atoms with van der Waals surface area (Å²) in [6, 6.07) is 4.12. The van der Waals surface area contributed by atoms with Gasteiger partial charge in [0, 0.05) is 22.4 Å². The molecule has 0 saturated heterocycles. The highest BCUT2D eigenvalue weighted by atomic mass is 79.9. The van der Waals surface area contributed by atoms with Gasteiger partial charge in [0.05, 0.1) is 22.5 Å². The van der Waals surface area contributed by atoms with E-state index in [9.17, 15) is 0 Å². The highest BCUT2D eigenvalue weighted by Crippen LogP contribution is 2.41. The third-order valence-corrected chi connectivity index (χ3v) is 4.38. The van der Waals surface area contributed by atoms with Crippen LogP contribution in [0.1, 0.15) is 26.5 Å². The minimum Gasteiger partial charge on any atom is -0.495 e. The predicted molar refractivity (Wildman–Crippen MR) is 96.4 cm³/mol. The number of anilines is 1. The van der Waals surface area contributed by atoms with E-state index in [-0.39, 0.29) is 0 Å². The van der Waals surface area contributed by atoms with Crippen molar-refractivity contribution in [1.29, 1.82) is 0 Å². The maximum Gasteiger partial charge on any atom is 0.144 e. The van der Waals surface area contributed by atoms with E-state index in [1.165, 1.54) is 0 Å². The predicted octanol–water partition coefficient (Wildman–Crippen LogP) is 5.40. The Morgan fingerprint density at radius 1 is 1.24 bits per heavy atom. The highest BCUT2D eigenvalue weighted by molar-refractivity contribution is 9.11. The van der Waals surface area contributed by atoms with E-state index < -0.39 is 0 Å². The Bertz CT molecular complexity index is 657. The monoisotopic (exact) mass is 414 g/mol. The van der Waals surface area contributed by atoms with Crippen LogP contribution in [-0.4, -0.2) is 18.6 Å². The average Bonchev–Trinajstić information content (AvgIpc) is 2.40. The van der Waals surface area contributed by atoms with Gasteiger partial charge in [-0.3, -0.25) is 4.98 Å². The van der Waals surface area contributed by atoms with E-state index in [1.807, 2.05) is 6.07 Å². The standard InChI is InChI=1S/C16H20Br2N2O/c1-5-19-13-7-10(6-9(2)3)20-15-11(17)8-12(18)16(21-4)14(13)15/h7-9H,5-6H2,1-4H3,(H,19,20). The van der Waals surface area contributed by atoms with Gasteiger partial charge in [-0.25, -0.2) is 0 Å². The molecule has 0 atom stereocenters. The molecule has 0 amide bonds. The molecule has 5 heteroatoms. The van der Waals surface area contributed by atoms with E-state index >= 15 is 0 Å². The molecule has 0 fully saturated rings. The molecule has 1 aromatic heterocycles. The van der Waals surface area contributed by atoms with Crippen molar-refractivity contribution in [2.75, 3.05) is 19.0 Å². The van der Waals surface area contributed by atoms with Gasteiger partial charge in [0.15, 0.2) is 0 Å². The summed E-state index contributed by atoms with van der Waals surface area (Å²) >= 11 is 7.18. The number of nitrogens with zero attached hydrogens (tertiary/aromatic N) is 1. The summed E-state index contributed by atoms with van der Waals surface area (Å²) in [6.07, 6.45) is 0.957. The molecule has 0 saturated carbocycles. The quantitative estimate of drug-likeness (QED) is 0.709. The number of fused-ring (bicyclic) bond motifs is 1. The summed E-state index contributed by atoms with van der Waals surface area (Å²) in [7, 11) is 1.69. The van der Waals surface area contributed by atoms with Crippen LogP contribution < -0.4 is 10.1 Å². The fraction of sp³-hybridized carbons (Fsp3) is 0.438. The first kappa shape index (κ1) is 16.6. The van der Waals surface area contributed by atoms with Gasteiger partial charge < -0.3 is 10.1 Å². The molecule has 2 aromatic rings. The minimum absolute atomic E-state index is 0.570. The molecule has 3 nitrogen and oxygen atoms in total. The van der Waals surface area contributed by atoms with Crippen LogP contribution in [-0.2, 0) is 6.42 Å². The second-order valence-corrected chi connectivity index (χ2v) is 7.10. The van der Waals surface area contributed by atoms with Gasteiger partial charge in [-0.2, -0.15) is 0 Å². The Kier molecular flexibility index (Phi) is 5.49. The second kappa shape index (κ2) is 6.97.